The summed E-state index contributed by atoms with van der Waals surface area (Å²) >= 11 is 9.62. The van der Waals surface area contributed by atoms with Crippen LogP contribution in [0.1, 0.15) is 27.0 Å². The minimum Gasteiger partial charge on any atom is -0.394 e. The summed E-state index contributed by atoms with van der Waals surface area (Å²) in [6.45, 7) is -0.293. The number of aliphatic hydroxyl groups excluding tert-OH is 1. The summed E-state index contributed by atoms with van der Waals surface area (Å²) < 4.78 is 21.5. The number of pyridine rings is 1. The van der Waals surface area contributed by atoms with Crippen molar-refractivity contribution in [3.8, 4) is 0 Å². The molecule has 0 aliphatic rings. The molecule has 1 heterocycles. The second-order valence-corrected chi connectivity index (χ2v) is 8.16. The van der Waals surface area contributed by atoms with E-state index in [4.69, 9.17) is 21.4 Å². The molecule has 0 unspecified atom stereocenters. The fourth-order valence-corrected chi connectivity index (χ4v) is 3.75. The van der Waals surface area contributed by atoms with Gasteiger partial charge in [0.15, 0.2) is 5.78 Å². The second-order valence-electron chi connectivity index (χ2n) is 6.87. The number of halogens is 3. The van der Waals surface area contributed by atoms with Crippen LogP contribution in [0.15, 0.2) is 64.0 Å². The van der Waals surface area contributed by atoms with Gasteiger partial charge >= 0.3 is 0 Å². The summed E-state index contributed by atoms with van der Waals surface area (Å²) in [5.41, 5.74) is 1.12. The highest BCUT2D eigenvalue weighted by Gasteiger charge is 2.21. The molecule has 1 N–H and O–H groups in total. The molecular weight excluding hydrogens is 489 g/mol. The zero-order valence-electron chi connectivity index (χ0n) is 16.5. The Kier molecular flexibility index (Phi) is 8.15. The van der Waals surface area contributed by atoms with Gasteiger partial charge in [-0.2, -0.15) is 0 Å². The summed E-state index contributed by atoms with van der Waals surface area (Å²) in [6, 6.07) is 13.8. The first kappa shape index (κ1) is 23.3. The average molecular weight is 509 g/mol. The minimum absolute atomic E-state index is 0.000198. The molecule has 0 bridgehead atoms. The van der Waals surface area contributed by atoms with E-state index in [0.29, 0.717) is 10.0 Å². The molecule has 0 spiro atoms. The van der Waals surface area contributed by atoms with Crippen LogP contribution in [0.2, 0.25) is 5.02 Å². The first-order valence-corrected chi connectivity index (χ1v) is 10.7. The summed E-state index contributed by atoms with van der Waals surface area (Å²) in [6.07, 6.45) is 1.42. The van der Waals surface area contributed by atoms with Crippen LogP contribution in [-0.4, -0.2) is 35.3 Å². The van der Waals surface area contributed by atoms with Crippen molar-refractivity contribution in [2.75, 3.05) is 19.8 Å². The monoisotopic (exact) mass is 507 g/mol. The van der Waals surface area contributed by atoms with E-state index in [1.807, 2.05) is 30.3 Å². The molecule has 162 valence electrons. The summed E-state index contributed by atoms with van der Waals surface area (Å²) in [4.78, 5) is 25.8. The third kappa shape index (κ3) is 5.89. The minimum atomic E-state index is -0.478. The molecule has 0 fully saturated rings. The number of hydrogen-bond acceptors (Lipinski definition) is 4. The molecule has 0 saturated heterocycles. The topological polar surface area (TPSA) is 68.5 Å². The van der Waals surface area contributed by atoms with Crippen molar-refractivity contribution < 1.29 is 19.0 Å². The average Bonchev–Trinajstić information content (AvgIpc) is 2.75. The number of aliphatic hydroxyl groups is 1. The Morgan fingerprint density at radius 1 is 1.19 bits per heavy atom. The van der Waals surface area contributed by atoms with Crippen LogP contribution in [0.25, 0.3) is 0 Å². The maximum Gasteiger partial charge on any atom is 0.269 e. The summed E-state index contributed by atoms with van der Waals surface area (Å²) in [5.74, 6) is -0.890. The lowest BCUT2D eigenvalue weighted by atomic mass is 9.98. The molecule has 3 rings (SSSR count). The fourth-order valence-electron chi connectivity index (χ4n) is 3.14. The lowest BCUT2D eigenvalue weighted by Gasteiger charge is -2.16. The molecule has 2 aromatic carbocycles. The number of aromatic nitrogens is 1. The molecule has 31 heavy (non-hydrogen) atoms. The van der Waals surface area contributed by atoms with E-state index in [-0.39, 0.29) is 48.9 Å². The first-order valence-electron chi connectivity index (χ1n) is 9.52. The number of hydrogen-bond donors (Lipinski definition) is 1. The van der Waals surface area contributed by atoms with Gasteiger partial charge in [-0.25, -0.2) is 4.39 Å². The fraction of sp³-hybridized carbons (Fsp3) is 0.217. The van der Waals surface area contributed by atoms with Crippen molar-refractivity contribution in [3.05, 3.63) is 103 Å². The van der Waals surface area contributed by atoms with E-state index in [2.05, 4.69) is 15.9 Å². The van der Waals surface area contributed by atoms with Crippen LogP contribution in [0, 0.1) is 5.82 Å². The van der Waals surface area contributed by atoms with Gasteiger partial charge in [0.1, 0.15) is 17.4 Å². The lowest BCUT2D eigenvalue weighted by molar-refractivity contribution is 0.0662. The van der Waals surface area contributed by atoms with Crippen LogP contribution >= 0.6 is 27.5 Å². The molecule has 5 nitrogen and oxygen atoms in total. The quantitative estimate of drug-likeness (QED) is 0.347. The SMILES string of the molecule is O=C(COCCO)c1cn(Cc2ccccc2)c(=O)c(Cl)c1Cc1ccc(Br)cc1F. The third-order valence-electron chi connectivity index (χ3n) is 4.67. The van der Waals surface area contributed by atoms with E-state index < -0.39 is 17.2 Å². The van der Waals surface area contributed by atoms with Crippen LogP contribution in [0.5, 0.6) is 0 Å². The number of benzene rings is 2. The predicted molar refractivity (Wildman–Crippen MR) is 120 cm³/mol. The number of rotatable bonds is 9. The largest absolute Gasteiger partial charge is 0.394 e. The van der Waals surface area contributed by atoms with E-state index in [9.17, 15) is 14.0 Å². The maximum atomic E-state index is 14.4. The molecule has 1 aromatic heterocycles. The van der Waals surface area contributed by atoms with Crippen LogP contribution in [-0.2, 0) is 17.7 Å². The van der Waals surface area contributed by atoms with Crippen LogP contribution in [0.3, 0.4) is 0 Å². The number of ether oxygens (including phenoxy) is 1. The second kappa shape index (κ2) is 10.8. The van der Waals surface area contributed by atoms with Crippen LogP contribution in [0.4, 0.5) is 4.39 Å². The van der Waals surface area contributed by atoms with Gasteiger partial charge < -0.3 is 14.4 Å². The van der Waals surface area contributed by atoms with Crippen molar-refractivity contribution in [3.63, 3.8) is 0 Å². The molecule has 8 heteroatoms. The normalized spacial score (nSPS) is 11.0. The smallest absolute Gasteiger partial charge is 0.269 e. The Hall–Kier alpha value is -2.32. The highest BCUT2D eigenvalue weighted by atomic mass is 79.9. The van der Waals surface area contributed by atoms with Gasteiger partial charge in [0, 0.05) is 22.7 Å². The van der Waals surface area contributed by atoms with E-state index in [1.54, 1.807) is 12.1 Å². The van der Waals surface area contributed by atoms with Gasteiger partial charge in [0.2, 0.25) is 0 Å². The molecule has 0 atom stereocenters. The van der Waals surface area contributed by atoms with E-state index in [1.165, 1.54) is 16.8 Å². The number of nitrogens with zero attached hydrogens (tertiary/aromatic N) is 1. The molecule has 0 aliphatic carbocycles. The van der Waals surface area contributed by atoms with E-state index in [0.717, 1.165) is 5.56 Å². The molecule has 0 radical (unpaired) electrons. The Bertz CT molecular complexity index is 1130. The summed E-state index contributed by atoms with van der Waals surface area (Å²) in [7, 11) is 0. The number of Topliss-reactive ketones (excluding diaryl/α,β-unsaturated/α-hetero) is 1. The van der Waals surface area contributed by atoms with Crippen molar-refractivity contribution in [2.24, 2.45) is 0 Å². The van der Waals surface area contributed by atoms with Crippen molar-refractivity contribution >= 4 is 33.3 Å². The Labute approximate surface area is 192 Å². The zero-order chi connectivity index (χ0) is 22.4. The van der Waals surface area contributed by atoms with Gasteiger partial charge in [-0.05, 0) is 28.8 Å². The van der Waals surface area contributed by atoms with Crippen molar-refractivity contribution in [1.29, 1.82) is 0 Å². The van der Waals surface area contributed by atoms with Crippen LogP contribution < -0.4 is 5.56 Å². The zero-order valence-corrected chi connectivity index (χ0v) is 18.8. The van der Waals surface area contributed by atoms with Gasteiger partial charge in [0.05, 0.1) is 19.8 Å². The molecule has 3 aromatic rings. The number of carbonyl (C=O) groups excluding carboxylic acids is 1. The third-order valence-corrected chi connectivity index (χ3v) is 5.55. The molecular formula is C23H20BrClFNO4. The molecule has 0 aliphatic heterocycles. The highest BCUT2D eigenvalue weighted by Crippen LogP contribution is 2.24. The Morgan fingerprint density at radius 2 is 1.94 bits per heavy atom. The maximum absolute atomic E-state index is 14.4. The predicted octanol–water partition coefficient (Wildman–Crippen LogP) is 4.23. The number of ketones is 1. The standard InChI is InChI=1S/C23H20BrClFNO4/c24-17-7-6-16(20(26)11-17)10-18-19(21(29)14-31-9-8-28)13-27(23(30)22(18)25)12-15-4-2-1-3-5-15/h1-7,11,13,28H,8-10,12,14H2. The van der Waals surface area contributed by atoms with Crippen molar-refractivity contribution in [1.82, 2.24) is 4.57 Å². The first-order chi connectivity index (χ1) is 14.9. The Balaban J connectivity index is 2.05. The van der Waals surface area contributed by atoms with E-state index >= 15 is 0 Å². The van der Waals surface area contributed by atoms with Gasteiger partial charge in [-0.1, -0.05) is 63.9 Å². The van der Waals surface area contributed by atoms with Gasteiger partial charge in [0.25, 0.3) is 5.56 Å². The molecule has 0 saturated carbocycles. The lowest BCUT2D eigenvalue weighted by Crippen LogP contribution is -2.26. The van der Waals surface area contributed by atoms with Gasteiger partial charge in [-0.3, -0.25) is 9.59 Å². The molecule has 0 amide bonds. The number of carbonyl (C=O) groups is 1. The highest BCUT2D eigenvalue weighted by molar-refractivity contribution is 9.10. The van der Waals surface area contributed by atoms with Crippen molar-refractivity contribution in [2.45, 2.75) is 13.0 Å². The Morgan fingerprint density at radius 3 is 2.61 bits per heavy atom. The van der Waals surface area contributed by atoms with Gasteiger partial charge in [-0.15, -0.1) is 0 Å². The summed E-state index contributed by atoms with van der Waals surface area (Å²) in [5, 5.41) is 8.76.